The summed E-state index contributed by atoms with van der Waals surface area (Å²) in [6.45, 7) is 6.32. The fourth-order valence-corrected chi connectivity index (χ4v) is 6.13. The molecule has 3 unspecified atom stereocenters. The van der Waals surface area contributed by atoms with Crippen molar-refractivity contribution < 1.29 is 22.7 Å². The molecular formula is C25H28ClN3O5S. The van der Waals surface area contributed by atoms with Crippen molar-refractivity contribution in [2.75, 3.05) is 6.54 Å². The van der Waals surface area contributed by atoms with Gasteiger partial charge in [0.25, 0.3) is 0 Å². The second-order valence-corrected chi connectivity index (χ2v) is 12.2. The Labute approximate surface area is 210 Å². The lowest BCUT2D eigenvalue weighted by Gasteiger charge is -2.30. The maximum absolute atomic E-state index is 13.4. The summed E-state index contributed by atoms with van der Waals surface area (Å²) < 4.78 is 32.2. The molecule has 1 heterocycles. The van der Waals surface area contributed by atoms with Crippen molar-refractivity contribution in [1.82, 2.24) is 10.2 Å². The molecule has 35 heavy (non-hydrogen) atoms. The van der Waals surface area contributed by atoms with E-state index in [0.29, 0.717) is 5.56 Å². The molecule has 2 aromatic rings. The smallest absolute Gasteiger partial charge is 0.411 e. The third-order valence-electron chi connectivity index (χ3n) is 5.72. The Morgan fingerprint density at radius 3 is 2.26 bits per heavy atom. The third-order valence-corrected chi connectivity index (χ3v) is 8.35. The van der Waals surface area contributed by atoms with Crippen LogP contribution in [-0.4, -0.2) is 48.8 Å². The van der Waals surface area contributed by atoms with Crippen molar-refractivity contribution in [2.45, 2.75) is 61.4 Å². The maximum Gasteiger partial charge on any atom is 0.411 e. The van der Waals surface area contributed by atoms with E-state index in [1.54, 1.807) is 70.2 Å². The molecule has 0 spiro atoms. The van der Waals surface area contributed by atoms with Gasteiger partial charge >= 0.3 is 6.09 Å². The molecule has 0 bridgehead atoms. The highest BCUT2D eigenvalue weighted by Crippen LogP contribution is 2.33. The first-order valence-electron chi connectivity index (χ1n) is 11.1. The van der Waals surface area contributed by atoms with Crippen LogP contribution in [0.2, 0.25) is 5.02 Å². The first-order valence-corrected chi connectivity index (χ1v) is 13.0. The summed E-state index contributed by atoms with van der Waals surface area (Å²) in [6.07, 6.45) is -0.984. The van der Waals surface area contributed by atoms with Crippen LogP contribution in [0.1, 0.15) is 39.7 Å². The molecule has 1 aliphatic heterocycles. The van der Waals surface area contributed by atoms with Gasteiger partial charge in [0.2, 0.25) is 5.91 Å². The molecule has 0 saturated carbocycles. The largest absolute Gasteiger partial charge is 0.444 e. The highest BCUT2D eigenvalue weighted by atomic mass is 35.5. The van der Waals surface area contributed by atoms with Crippen molar-refractivity contribution in [1.29, 1.82) is 5.26 Å². The van der Waals surface area contributed by atoms with E-state index in [1.165, 1.54) is 12.1 Å². The van der Waals surface area contributed by atoms with Crippen LogP contribution in [0.4, 0.5) is 4.79 Å². The van der Waals surface area contributed by atoms with E-state index >= 15 is 0 Å². The zero-order valence-electron chi connectivity index (χ0n) is 20.0. The minimum atomic E-state index is -3.97. The Morgan fingerprint density at radius 1 is 1.09 bits per heavy atom. The van der Waals surface area contributed by atoms with Gasteiger partial charge in [-0.05, 0) is 51.8 Å². The molecule has 2 aromatic carbocycles. The Kier molecular flexibility index (Phi) is 7.48. The second kappa shape index (κ2) is 9.88. The fourth-order valence-electron chi connectivity index (χ4n) is 3.91. The zero-order valence-corrected chi connectivity index (χ0v) is 21.6. The number of halogens is 1. The standard InChI is InChI=1S/C25H28ClN3O5S/c1-24(2,3)34-23(31)29-15-18(35(32,33)21-13-9-8-12-19(21)26)14-20(29)22(30)28-25(4,16-27)17-10-6-5-7-11-17/h5-13,18,20H,14-15H2,1-4H3,(H,28,30). The van der Waals surface area contributed by atoms with Crippen LogP contribution < -0.4 is 5.32 Å². The first-order chi connectivity index (χ1) is 16.3. The number of hydrogen-bond donors (Lipinski definition) is 1. The van der Waals surface area contributed by atoms with Gasteiger partial charge in [-0.1, -0.05) is 54.1 Å². The monoisotopic (exact) mass is 517 g/mol. The Balaban J connectivity index is 1.95. The van der Waals surface area contributed by atoms with Gasteiger partial charge in [0.1, 0.15) is 17.2 Å². The van der Waals surface area contributed by atoms with Crippen molar-refractivity contribution >= 4 is 33.4 Å². The molecule has 2 amide bonds. The summed E-state index contributed by atoms with van der Waals surface area (Å²) >= 11 is 6.15. The number of likely N-dealkylation sites (tertiary alicyclic amines) is 1. The predicted octanol–water partition coefficient (Wildman–Crippen LogP) is 4.05. The molecule has 3 rings (SSSR count). The topological polar surface area (TPSA) is 117 Å². The zero-order chi connectivity index (χ0) is 26.0. The number of nitrogens with zero attached hydrogens (tertiary/aromatic N) is 2. The Hall–Kier alpha value is -3.09. The van der Waals surface area contributed by atoms with Crippen LogP contribution >= 0.6 is 11.6 Å². The lowest BCUT2D eigenvalue weighted by atomic mass is 9.93. The normalized spacial score (nSPS) is 19.9. The summed E-state index contributed by atoms with van der Waals surface area (Å²) in [5.74, 6) is -0.652. The Bertz CT molecular complexity index is 1250. The molecule has 186 valence electrons. The van der Waals surface area contributed by atoms with Gasteiger partial charge in [-0.2, -0.15) is 5.26 Å². The van der Waals surface area contributed by atoms with Gasteiger partial charge in [0.05, 0.1) is 21.2 Å². The van der Waals surface area contributed by atoms with Gasteiger partial charge in [-0.3, -0.25) is 9.69 Å². The number of carbonyl (C=O) groups excluding carboxylic acids is 2. The number of amides is 2. The molecule has 0 radical (unpaired) electrons. The molecule has 1 N–H and O–H groups in total. The van der Waals surface area contributed by atoms with E-state index in [1.807, 2.05) is 0 Å². The van der Waals surface area contributed by atoms with Crippen LogP contribution in [0.15, 0.2) is 59.5 Å². The fraction of sp³-hybridized carbons (Fsp3) is 0.400. The van der Waals surface area contributed by atoms with Crippen molar-refractivity contribution in [3.63, 3.8) is 0 Å². The van der Waals surface area contributed by atoms with Crippen LogP contribution in [0, 0.1) is 11.3 Å². The highest BCUT2D eigenvalue weighted by molar-refractivity contribution is 7.92. The van der Waals surface area contributed by atoms with Crippen molar-refractivity contribution in [2.24, 2.45) is 0 Å². The van der Waals surface area contributed by atoms with Crippen LogP contribution in [0.5, 0.6) is 0 Å². The molecular weight excluding hydrogens is 490 g/mol. The predicted molar refractivity (Wildman–Crippen MR) is 131 cm³/mol. The number of sulfone groups is 1. The van der Waals surface area contributed by atoms with E-state index in [0.717, 1.165) is 4.90 Å². The summed E-state index contributed by atoms with van der Waals surface area (Å²) in [5, 5.41) is 11.5. The van der Waals surface area contributed by atoms with Gasteiger partial charge in [-0.15, -0.1) is 0 Å². The average molecular weight is 518 g/mol. The number of ether oxygens (including phenoxy) is 1. The minimum Gasteiger partial charge on any atom is -0.444 e. The second-order valence-electron chi connectivity index (χ2n) is 9.57. The van der Waals surface area contributed by atoms with Crippen LogP contribution in [0.25, 0.3) is 0 Å². The van der Waals surface area contributed by atoms with E-state index in [9.17, 15) is 23.3 Å². The number of rotatable bonds is 5. The van der Waals surface area contributed by atoms with E-state index < -0.39 is 44.3 Å². The molecule has 8 nitrogen and oxygen atoms in total. The number of carbonyl (C=O) groups is 2. The molecule has 10 heteroatoms. The maximum atomic E-state index is 13.4. The Morgan fingerprint density at radius 2 is 1.69 bits per heavy atom. The van der Waals surface area contributed by atoms with Gasteiger partial charge < -0.3 is 10.1 Å². The van der Waals surface area contributed by atoms with Crippen LogP contribution in [-0.2, 0) is 24.9 Å². The van der Waals surface area contributed by atoms with Crippen molar-refractivity contribution in [3.05, 3.63) is 65.2 Å². The lowest BCUT2D eigenvalue weighted by Crippen LogP contribution is -2.52. The average Bonchev–Trinajstić information content (AvgIpc) is 3.25. The number of benzene rings is 2. The quantitative estimate of drug-likeness (QED) is 0.639. The number of nitrogens with one attached hydrogen (secondary N) is 1. The SMILES string of the molecule is CC(C)(C)OC(=O)N1CC(S(=O)(=O)c2ccccc2Cl)CC1C(=O)NC(C)(C#N)c1ccccc1. The minimum absolute atomic E-state index is 0.0605. The summed E-state index contributed by atoms with van der Waals surface area (Å²) in [7, 11) is -3.97. The molecule has 0 aliphatic carbocycles. The van der Waals surface area contributed by atoms with Crippen LogP contribution in [0.3, 0.4) is 0 Å². The highest BCUT2D eigenvalue weighted by Gasteiger charge is 2.48. The van der Waals surface area contributed by atoms with Gasteiger partial charge in [0, 0.05) is 6.54 Å². The molecule has 0 aromatic heterocycles. The van der Waals surface area contributed by atoms with Gasteiger partial charge in [0.15, 0.2) is 9.84 Å². The van der Waals surface area contributed by atoms with Gasteiger partial charge in [-0.25, -0.2) is 13.2 Å². The lowest BCUT2D eigenvalue weighted by molar-refractivity contribution is -0.126. The number of hydrogen-bond acceptors (Lipinski definition) is 6. The summed E-state index contributed by atoms with van der Waals surface area (Å²) in [6, 6.07) is 15.7. The molecule has 1 fully saturated rings. The first kappa shape index (κ1) is 26.5. The molecule has 1 saturated heterocycles. The third kappa shape index (κ3) is 5.77. The molecule has 3 atom stereocenters. The van der Waals surface area contributed by atoms with E-state index in [2.05, 4.69) is 11.4 Å². The summed E-state index contributed by atoms with van der Waals surface area (Å²) in [5.41, 5.74) is -1.70. The van der Waals surface area contributed by atoms with E-state index in [4.69, 9.17) is 16.3 Å². The number of nitriles is 1. The van der Waals surface area contributed by atoms with E-state index in [-0.39, 0.29) is 22.9 Å². The van der Waals surface area contributed by atoms with Crippen molar-refractivity contribution in [3.8, 4) is 6.07 Å². The molecule has 1 aliphatic rings. The summed E-state index contributed by atoms with van der Waals surface area (Å²) in [4.78, 5) is 27.5.